The second-order valence-corrected chi connectivity index (χ2v) is 8.26. The highest BCUT2D eigenvalue weighted by Gasteiger charge is 2.28. The molecule has 3 N–H and O–H groups in total. The van der Waals surface area contributed by atoms with Gasteiger partial charge in [-0.25, -0.2) is 0 Å². The molecule has 170 valence electrons. The molecule has 2 aromatic carbocycles. The van der Waals surface area contributed by atoms with E-state index in [0.717, 1.165) is 30.6 Å². The van der Waals surface area contributed by atoms with Crippen molar-refractivity contribution in [1.82, 2.24) is 15.1 Å². The molecule has 32 heavy (non-hydrogen) atoms. The first kappa shape index (κ1) is 22.3. The van der Waals surface area contributed by atoms with Crippen LogP contribution in [0, 0.1) is 0 Å². The van der Waals surface area contributed by atoms with Gasteiger partial charge >= 0.3 is 0 Å². The third-order valence-electron chi connectivity index (χ3n) is 5.98. The number of morpholine rings is 1. The number of aliphatic hydroxyl groups excluding tert-OH is 1. The van der Waals surface area contributed by atoms with Crippen LogP contribution in [0.4, 0.5) is 0 Å². The number of carbonyl (C=O) groups excluding carboxylic acids is 2. The van der Waals surface area contributed by atoms with Gasteiger partial charge in [0, 0.05) is 38.3 Å². The van der Waals surface area contributed by atoms with Crippen LogP contribution < -0.4 is 5.32 Å². The monoisotopic (exact) mass is 439 g/mol. The molecule has 0 bridgehead atoms. The SMILES string of the molecule is O=C(N[C@@H](CO)C(=O)N1CCc2ccccc2C1)c1cc(O)cc(CN2CCOCC2)c1. The third-order valence-corrected chi connectivity index (χ3v) is 5.98. The van der Waals surface area contributed by atoms with Gasteiger partial charge in [0.2, 0.25) is 5.91 Å². The lowest BCUT2D eigenvalue weighted by Crippen LogP contribution is -2.51. The Balaban J connectivity index is 1.42. The number of rotatable bonds is 6. The first-order valence-electron chi connectivity index (χ1n) is 10.9. The zero-order chi connectivity index (χ0) is 22.5. The fourth-order valence-electron chi connectivity index (χ4n) is 4.25. The van der Waals surface area contributed by atoms with Crippen LogP contribution in [0.15, 0.2) is 42.5 Å². The van der Waals surface area contributed by atoms with Gasteiger partial charge in [0.15, 0.2) is 0 Å². The summed E-state index contributed by atoms with van der Waals surface area (Å²) < 4.78 is 5.36. The van der Waals surface area contributed by atoms with E-state index in [-0.39, 0.29) is 17.2 Å². The summed E-state index contributed by atoms with van der Waals surface area (Å²) in [4.78, 5) is 29.7. The van der Waals surface area contributed by atoms with Crippen LogP contribution in [0.25, 0.3) is 0 Å². The fraction of sp³-hybridized carbons (Fsp3) is 0.417. The average Bonchev–Trinajstić information content (AvgIpc) is 2.82. The quantitative estimate of drug-likeness (QED) is 0.618. The molecule has 2 heterocycles. The number of ether oxygens (including phenoxy) is 1. The Kier molecular flexibility index (Phi) is 7.04. The van der Waals surface area contributed by atoms with Crippen LogP contribution in [0.1, 0.15) is 27.0 Å². The summed E-state index contributed by atoms with van der Waals surface area (Å²) in [6.45, 7) is 3.99. The molecular weight excluding hydrogens is 410 g/mol. The Morgan fingerprint density at radius 3 is 2.56 bits per heavy atom. The number of carbonyl (C=O) groups is 2. The van der Waals surface area contributed by atoms with Gasteiger partial charge in [0.05, 0.1) is 19.8 Å². The van der Waals surface area contributed by atoms with Gasteiger partial charge in [0.1, 0.15) is 11.8 Å². The zero-order valence-corrected chi connectivity index (χ0v) is 18.0. The van der Waals surface area contributed by atoms with Crippen molar-refractivity contribution in [1.29, 1.82) is 0 Å². The Bertz CT molecular complexity index is 974. The minimum absolute atomic E-state index is 0.0135. The van der Waals surface area contributed by atoms with Gasteiger partial charge in [-0.05, 0) is 41.3 Å². The van der Waals surface area contributed by atoms with Gasteiger partial charge in [-0.2, -0.15) is 0 Å². The van der Waals surface area contributed by atoms with Crippen LogP contribution >= 0.6 is 0 Å². The summed E-state index contributed by atoms with van der Waals surface area (Å²) in [5, 5.41) is 22.6. The van der Waals surface area contributed by atoms with Crippen molar-refractivity contribution in [2.45, 2.75) is 25.6 Å². The van der Waals surface area contributed by atoms with Crippen LogP contribution in [0.3, 0.4) is 0 Å². The number of hydrogen-bond donors (Lipinski definition) is 3. The Hall–Kier alpha value is -2.94. The van der Waals surface area contributed by atoms with Crippen LogP contribution in [-0.2, 0) is 29.0 Å². The molecule has 8 nitrogen and oxygen atoms in total. The Labute approximate surface area is 187 Å². The van der Waals surface area contributed by atoms with E-state index in [4.69, 9.17) is 4.74 Å². The lowest BCUT2D eigenvalue weighted by Gasteiger charge is -2.31. The fourth-order valence-corrected chi connectivity index (χ4v) is 4.25. The van der Waals surface area contributed by atoms with E-state index in [9.17, 15) is 19.8 Å². The van der Waals surface area contributed by atoms with E-state index in [0.29, 0.717) is 32.8 Å². The summed E-state index contributed by atoms with van der Waals surface area (Å²) in [5.41, 5.74) is 3.35. The lowest BCUT2D eigenvalue weighted by atomic mass is 9.99. The van der Waals surface area contributed by atoms with Gasteiger partial charge in [-0.15, -0.1) is 0 Å². The molecule has 1 atom stereocenters. The summed E-state index contributed by atoms with van der Waals surface area (Å²) in [7, 11) is 0. The van der Waals surface area contributed by atoms with E-state index >= 15 is 0 Å². The standard InChI is InChI=1S/C24H29N3O5/c28-16-22(24(31)27-6-5-18-3-1-2-4-19(18)15-27)25-23(30)20-11-17(12-21(29)13-20)14-26-7-9-32-10-8-26/h1-4,11-13,22,28-29H,5-10,14-16H2,(H,25,30)/t22-/m0/s1. The summed E-state index contributed by atoms with van der Waals surface area (Å²) >= 11 is 0. The minimum Gasteiger partial charge on any atom is -0.508 e. The lowest BCUT2D eigenvalue weighted by molar-refractivity contribution is -0.135. The maximum atomic E-state index is 13.0. The molecule has 1 saturated heterocycles. The highest BCUT2D eigenvalue weighted by Crippen LogP contribution is 2.20. The molecule has 2 amide bonds. The minimum atomic E-state index is -1.04. The van der Waals surface area contributed by atoms with Crippen LogP contribution in [-0.4, -0.2) is 77.3 Å². The number of aliphatic hydroxyl groups is 1. The number of amides is 2. The summed E-state index contributed by atoms with van der Waals surface area (Å²) in [5.74, 6) is -0.835. The van der Waals surface area contributed by atoms with Crippen molar-refractivity contribution in [2.75, 3.05) is 39.5 Å². The molecule has 2 aliphatic rings. The number of aromatic hydroxyl groups is 1. The molecule has 1 fully saturated rings. The van der Waals surface area contributed by atoms with Crippen molar-refractivity contribution in [2.24, 2.45) is 0 Å². The molecule has 2 aliphatic heterocycles. The number of nitrogens with one attached hydrogen (secondary N) is 1. The first-order chi connectivity index (χ1) is 15.5. The van der Waals surface area contributed by atoms with Crippen molar-refractivity contribution in [3.63, 3.8) is 0 Å². The molecular formula is C24H29N3O5. The normalized spacial score (nSPS) is 17.5. The topological polar surface area (TPSA) is 102 Å². The highest BCUT2D eigenvalue weighted by atomic mass is 16.5. The molecule has 2 aromatic rings. The molecule has 0 saturated carbocycles. The van der Waals surface area contributed by atoms with Crippen molar-refractivity contribution < 1.29 is 24.5 Å². The van der Waals surface area contributed by atoms with Crippen LogP contribution in [0.2, 0.25) is 0 Å². The van der Waals surface area contributed by atoms with Gasteiger partial charge < -0.3 is 25.2 Å². The number of benzene rings is 2. The average molecular weight is 440 g/mol. The maximum Gasteiger partial charge on any atom is 0.252 e. The number of phenols is 1. The number of nitrogens with zero attached hydrogens (tertiary/aromatic N) is 2. The van der Waals surface area contributed by atoms with Crippen molar-refractivity contribution in [3.8, 4) is 5.75 Å². The predicted octanol–water partition coefficient (Wildman–Crippen LogP) is 0.900. The maximum absolute atomic E-state index is 13.0. The van der Waals surface area contributed by atoms with E-state index in [2.05, 4.69) is 16.3 Å². The molecule has 8 heteroatoms. The van der Waals surface area contributed by atoms with E-state index in [1.54, 1.807) is 17.0 Å². The summed E-state index contributed by atoms with van der Waals surface area (Å²) in [6, 6.07) is 11.6. The summed E-state index contributed by atoms with van der Waals surface area (Å²) in [6.07, 6.45) is 0.742. The third kappa shape index (κ3) is 5.27. The van der Waals surface area contributed by atoms with Crippen molar-refractivity contribution in [3.05, 3.63) is 64.7 Å². The van der Waals surface area contributed by atoms with Gasteiger partial charge in [-0.3, -0.25) is 14.5 Å². The molecule has 0 aliphatic carbocycles. The van der Waals surface area contributed by atoms with E-state index in [1.807, 2.05) is 18.2 Å². The molecule has 0 aromatic heterocycles. The largest absolute Gasteiger partial charge is 0.508 e. The predicted molar refractivity (Wildman–Crippen MR) is 118 cm³/mol. The first-order valence-corrected chi connectivity index (χ1v) is 10.9. The molecule has 0 spiro atoms. The number of phenolic OH excluding ortho intramolecular Hbond substituents is 1. The number of hydrogen-bond acceptors (Lipinski definition) is 6. The Morgan fingerprint density at radius 1 is 1.06 bits per heavy atom. The second kappa shape index (κ2) is 10.1. The Morgan fingerprint density at radius 2 is 1.81 bits per heavy atom. The zero-order valence-electron chi connectivity index (χ0n) is 18.0. The molecule has 4 rings (SSSR count). The smallest absolute Gasteiger partial charge is 0.252 e. The van der Waals surface area contributed by atoms with Crippen molar-refractivity contribution >= 4 is 11.8 Å². The van der Waals surface area contributed by atoms with E-state index in [1.165, 1.54) is 11.6 Å². The number of fused-ring (bicyclic) bond motifs is 1. The van der Waals surface area contributed by atoms with E-state index < -0.39 is 18.6 Å². The van der Waals surface area contributed by atoms with Gasteiger partial charge in [0.25, 0.3) is 5.91 Å². The molecule has 0 unspecified atom stereocenters. The second-order valence-electron chi connectivity index (χ2n) is 8.26. The van der Waals surface area contributed by atoms with Crippen LogP contribution in [0.5, 0.6) is 5.75 Å². The van der Waals surface area contributed by atoms with Gasteiger partial charge in [-0.1, -0.05) is 24.3 Å². The molecule has 0 radical (unpaired) electrons. The highest BCUT2D eigenvalue weighted by molar-refractivity contribution is 5.98.